The Morgan fingerprint density at radius 1 is 1.41 bits per heavy atom. The van der Waals surface area contributed by atoms with Gasteiger partial charge in [0.1, 0.15) is 6.04 Å². The number of rotatable bonds is 7. The summed E-state index contributed by atoms with van der Waals surface area (Å²) < 4.78 is 1.48. The van der Waals surface area contributed by atoms with Crippen LogP contribution in [0.4, 0.5) is 0 Å². The third-order valence-corrected chi connectivity index (χ3v) is 3.57. The van der Waals surface area contributed by atoms with E-state index in [4.69, 9.17) is 5.11 Å². The Balaban J connectivity index is 2.88. The Kier molecular flexibility index (Phi) is 5.91. The van der Waals surface area contributed by atoms with Gasteiger partial charge in [0.05, 0.1) is 5.41 Å². The molecule has 1 aromatic rings. The average Bonchev–Trinajstić information content (AvgIpc) is 2.43. The molecule has 0 bridgehead atoms. The highest BCUT2D eigenvalue weighted by atomic mass is 16.4. The maximum absolute atomic E-state index is 12.4. The van der Waals surface area contributed by atoms with Crippen molar-refractivity contribution in [2.24, 2.45) is 5.41 Å². The lowest BCUT2D eigenvalue weighted by Crippen LogP contribution is -2.48. The van der Waals surface area contributed by atoms with Gasteiger partial charge < -0.3 is 15.0 Å². The molecule has 6 heteroatoms. The van der Waals surface area contributed by atoms with Crippen molar-refractivity contribution < 1.29 is 14.7 Å². The number of carboxylic acids is 1. The highest BCUT2D eigenvalue weighted by Crippen LogP contribution is 2.18. The van der Waals surface area contributed by atoms with E-state index in [1.165, 1.54) is 4.57 Å². The second-order valence-corrected chi connectivity index (χ2v) is 6.16. The summed E-state index contributed by atoms with van der Waals surface area (Å²) in [6, 6.07) is 2.57. The monoisotopic (exact) mass is 308 g/mol. The minimum Gasteiger partial charge on any atom is -0.480 e. The first-order chi connectivity index (χ1) is 10.2. The Morgan fingerprint density at radius 2 is 2.05 bits per heavy atom. The first-order valence-electron chi connectivity index (χ1n) is 7.39. The fraction of sp³-hybridized carbons (Fsp3) is 0.562. The maximum Gasteiger partial charge on any atom is 0.326 e. The zero-order chi connectivity index (χ0) is 16.9. The number of carbonyl (C=O) groups excluding carboxylic acids is 1. The molecule has 0 aliphatic carbocycles. The summed E-state index contributed by atoms with van der Waals surface area (Å²) >= 11 is 0. The van der Waals surface area contributed by atoms with Gasteiger partial charge in [-0.2, -0.15) is 0 Å². The number of hydrogen-bond donors (Lipinski definition) is 2. The first-order valence-corrected chi connectivity index (χ1v) is 7.39. The molecule has 1 rings (SSSR count). The van der Waals surface area contributed by atoms with Gasteiger partial charge in [-0.05, 0) is 33.3 Å². The number of nitrogens with zero attached hydrogens (tertiary/aromatic N) is 1. The number of carboxylic acid groups (broad SMARTS) is 1. The van der Waals surface area contributed by atoms with Gasteiger partial charge in [-0.15, -0.1) is 0 Å². The van der Waals surface area contributed by atoms with Crippen LogP contribution >= 0.6 is 0 Å². The predicted molar refractivity (Wildman–Crippen MR) is 83.7 cm³/mol. The third-order valence-electron chi connectivity index (χ3n) is 3.57. The quantitative estimate of drug-likeness (QED) is 0.800. The van der Waals surface area contributed by atoms with Crippen molar-refractivity contribution in [3.8, 4) is 0 Å². The second kappa shape index (κ2) is 7.24. The molecule has 22 heavy (non-hydrogen) atoms. The molecule has 0 saturated carbocycles. The van der Waals surface area contributed by atoms with Gasteiger partial charge in [-0.1, -0.05) is 19.4 Å². The van der Waals surface area contributed by atoms with Gasteiger partial charge in [0.25, 0.3) is 5.56 Å². The minimum atomic E-state index is -1.04. The lowest BCUT2D eigenvalue weighted by atomic mass is 9.91. The van der Waals surface area contributed by atoms with Gasteiger partial charge >= 0.3 is 5.97 Å². The number of aliphatic carboxylic acids is 1. The van der Waals surface area contributed by atoms with Crippen LogP contribution in [0.2, 0.25) is 0 Å². The zero-order valence-corrected chi connectivity index (χ0v) is 13.5. The van der Waals surface area contributed by atoms with Crippen LogP contribution in [0.3, 0.4) is 0 Å². The topological polar surface area (TPSA) is 88.4 Å². The smallest absolute Gasteiger partial charge is 0.326 e. The molecule has 0 spiro atoms. The lowest BCUT2D eigenvalue weighted by Gasteiger charge is -2.26. The highest BCUT2D eigenvalue weighted by Gasteiger charge is 2.31. The lowest BCUT2D eigenvalue weighted by molar-refractivity contribution is -0.143. The summed E-state index contributed by atoms with van der Waals surface area (Å²) in [5.74, 6) is -1.42. The van der Waals surface area contributed by atoms with Gasteiger partial charge in [-0.3, -0.25) is 9.59 Å². The summed E-state index contributed by atoms with van der Waals surface area (Å²) in [6.07, 6.45) is 2.67. The molecule has 1 unspecified atom stereocenters. The van der Waals surface area contributed by atoms with Crippen LogP contribution in [-0.4, -0.2) is 27.6 Å². The van der Waals surface area contributed by atoms with Crippen LogP contribution in [0.15, 0.2) is 23.1 Å². The normalized spacial score (nSPS) is 12.7. The third kappa shape index (κ3) is 4.44. The first kappa shape index (κ1) is 17.9. The molecule has 0 radical (unpaired) electrons. The molecular weight excluding hydrogens is 284 g/mol. The number of hydrogen-bond acceptors (Lipinski definition) is 3. The zero-order valence-electron chi connectivity index (χ0n) is 13.5. The largest absolute Gasteiger partial charge is 0.480 e. The fourth-order valence-electron chi connectivity index (χ4n) is 2.18. The SMILES string of the molecule is CCCC(NC(=O)C(C)(C)Cn1cccc(C)c1=O)C(=O)O. The van der Waals surface area contributed by atoms with Crippen molar-refractivity contribution in [3.05, 3.63) is 34.2 Å². The summed E-state index contributed by atoms with van der Waals surface area (Å²) in [5, 5.41) is 11.7. The molecule has 0 aromatic carbocycles. The van der Waals surface area contributed by atoms with E-state index in [-0.39, 0.29) is 18.0 Å². The van der Waals surface area contributed by atoms with Crippen molar-refractivity contribution in [3.63, 3.8) is 0 Å². The number of aryl methyl sites for hydroxylation is 1. The minimum absolute atomic E-state index is 0.147. The van der Waals surface area contributed by atoms with Crippen LogP contribution in [-0.2, 0) is 16.1 Å². The van der Waals surface area contributed by atoms with E-state index in [1.54, 1.807) is 39.1 Å². The number of pyridine rings is 1. The summed E-state index contributed by atoms with van der Waals surface area (Å²) in [6.45, 7) is 7.16. The summed E-state index contributed by atoms with van der Waals surface area (Å²) in [5.41, 5.74) is -0.432. The molecule has 122 valence electrons. The van der Waals surface area contributed by atoms with Crippen molar-refractivity contribution in [2.45, 2.75) is 53.1 Å². The molecule has 0 aliphatic rings. The van der Waals surface area contributed by atoms with Crippen molar-refractivity contribution in [1.82, 2.24) is 9.88 Å². The number of carbonyl (C=O) groups is 2. The van der Waals surface area contributed by atoms with Crippen LogP contribution in [0.25, 0.3) is 0 Å². The average molecular weight is 308 g/mol. The van der Waals surface area contributed by atoms with Gasteiger partial charge in [-0.25, -0.2) is 4.79 Å². The number of nitrogens with one attached hydrogen (secondary N) is 1. The number of amides is 1. The van der Waals surface area contributed by atoms with E-state index in [0.29, 0.717) is 18.4 Å². The van der Waals surface area contributed by atoms with Crippen LogP contribution < -0.4 is 10.9 Å². The Labute approximate surface area is 130 Å². The van der Waals surface area contributed by atoms with E-state index in [0.717, 1.165) is 0 Å². The van der Waals surface area contributed by atoms with E-state index < -0.39 is 17.4 Å². The van der Waals surface area contributed by atoms with Crippen LogP contribution in [0.5, 0.6) is 0 Å². The van der Waals surface area contributed by atoms with Crippen molar-refractivity contribution in [2.75, 3.05) is 0 Å². The van der Waals surface area contributed by atoms with Crippen molar-refractivity contribution in [1.29, 1.82) is 0 Å². The van der Waals surface area contributed by atoms with Gasteiger partial charge in [0, 0.05) is 18.3 Å². The summed E-state index contributed by atoms with van der Waals surface area (Å²) in [4.78, 5) is 35.5. The molecule has 1 atom stereocenters. The van der Waals surface area contributed by atoms with E-state index >= 15 is 0 Å². The Morgan fingerprint density at radius 3 is 2.59 bits per heavy atom. The van der Waals surface area contributed by atoms with E-state index in [1.807, 2.05) is 6.92 Å². The van der Waals surface area contributed by atoms with Gasteiger partial charge in [0.2, 0.25) is 5.91 Å². The highest BCUT2D eigenvalue weighted by molar-refractivity contribution is 5.86. The molecule has 0 fully saturated rings. The summed E-state index contributed by atoms with van der Waals surface area (Å²) in [7, 11) is 0. The molecule has 0 saturated heterocycles. The molecule has 6 nitrogen and oxygen atoms in total. The Bertz CT molecular complexity index is 604. The Hall–Kier alpha value is -2.11. The van der Waals surface area contributed by atoms with Crippen molar-refractivity contribution >= 4 is 11.9 Å². The maximum atomic E-state index is 12.4. The molecular formula is C16H24N2O4. The number of aromatic nitrogens is 1. The molecule has 1 heterocycles. The van der Waals surface area contributed by atoms with E-state index in [2.05, 4.69) is 5.32 Å². The predicted octanol–water partition coefficient (Wildman–Crippen LogP) is 1.55. The molecule has 0 aliphatic heterocycles. The fourth-order valence-corrected chi connectivity index (χ4v) is 2.18. The molecule has 1 aromatic heterocycles. The molecule has 1 amide bonds. The van der Waals surface area contributed by atoms with E-state index in [9.17, 15) is 14.4 Å². The second-order valence-electron chi connectivity index (χ2n) is 6.16. The standard InChI is InChI=1S/C16H24N2O4/c1-5-7-12(14(20)21)17-15(22)16(3,4)10-18-9-6-8-11(2)13(18)19/h6,8-9,12H,5,7,10H2,1-4H3,(H,17,22)(H,20,21). The van der Waals surface area contributed by atoms with Gasteiger partial charge in [0.15, 0.2) is 0 Å². The molecule has 2 N–H and O–H groups in total. The van der Waals surface area contributed by atoms with Crippen LogP contribution in [0, 0.1) is 12.3 Å². The van der Waals surface area contributed by atoms with Crippen LogP contribution in [0.1, 0.15) is 39.2 Å².